The molecule has 0 aliphatic heterocycles. The van der Waals surface area contributed by atoms with Gasteiger partial charge in [0.05, 0.1) is 17.5 Å². The van der Waals surface area contributed by atoms with Crippen LogP contribution in [0.25, 0.3) is 0 Å². The fraction of sp³-hybridized carbons (Fsp3) is 0.517. The summed E-state index contributed by atoms with van der Waals surface area (Å²) >= 11 is 0. The van der Waals surface area contributed by atoms with E-state index < -0.39 is 81.6 Å². The summed E-state index contributed by atoms with van der Waals surface area (Å²) in [6.45, 7) is 1.73. The van der Waals surface area contributed by atoms with Gasteiger partial charge in [-0.25, -0.2) is 0 Å². The van der Waals surface area contributed by atoms with Crippen molar-refractivity contribution in [3.8, 4) is 5.75 Å². The molecule has 4 aliphatic rings. The van der Waals surface area contributed by atoms with E-state index in [4.69, 9.17) is 10.5 Å². The number of likely N-dealkylation sites (N-methyl/N-ethyl adjacent to an activating group) is 1. The lowest BCUT2D eigenvalue weighted by molar-refractivity contribution is -0.181. The Balaban J connectivity index is 1.76. The van der Waals surface area contributed by atoms with E-state index in [0.29, 0.717) is 5.56 Å². The van der Waals surface area contributed by atoms with Gasteiger partial charge in [-0.05, 0) is 50.4 Å². The van der Waals surface area contributed by atoms with Crippen LogP contribution in [0.15, 0.2) is 40.9 Å². The number of ketones is 2. The van der Waals surface area contributed by atoms with Crippen molar-refractivity contribution in [3.05, 3.63) is 52.0 Å². The van der Waals surface area contributed by atoms with Gasteiger partial charge in [-0.1, -0.05) is 31.9 Å². The van der Waals surface area contributed by atoms with E-state index in [0.717, 1.165) is 25.7 Å². The molecule has 0 unspecified atom stereocenters. The van der Waals surface area contributed by atoms with E-state index in [-0.39, 0.29) is 23.7 Å². The summed E-state index contributed by atoms with van der Waals surface area (Å²) in [4.78, 5) is 54.6. The van der Waals surface area contributed by atoms with Crippen molar-refractivity contribution in [1.29, 1.82) is 0 Å². The summed E-state index contributed by atoms with van der Waals surface area (Å²) in [5, 5.41) is 45.4. The molecule has 1 aromatic rings. The summed E-state index contributed by atoms with van der Waals surface area (Å²) in [5.74, 6) is -9.34. The number of carbonyl (C=O) groups excluding carboxylic acids is 4. The summed E-state index contributed by atoms with van der Waals surface area (Å²) in [5.41, 5.74) is 1.50. The molecule has 11 heteroatoms. The summed E-state index contributed by atoms with van der Waals surface area (Å²) in [6, 6.07) is 3.21. The zero-order chi connectivity index (χ0) is 29.3. The maximum absolute atomic E-state index is 13.9. The van der Waals surface area contributed by atoms with Gasteiger partial charge in [0.2, 0.25) is 5.78 Å². The zero-order valence-electron chi connectivity index (χ0n) is 22.6. The van der Waals surface area contributed by atoms with Crippen molar-refractivity contribution in [2.75, 3.05) is 14.1 Å². The highest BCUT2D eigenvalue weighted by atomic mass is 16.5. The molecular weight excluding hydrogens is 520 g/mol. The molecule has 0 spiro atoms. The Hall–Kier alpha value is -3.70. The minimum atomic E-state index is -2.94. The second-order valence-corrected chi connectivity index (χ2v) is 11.6. The average molecular weight is 555 g/mol. The van der Waals surface area contributed by atoms with Crippen LogP contribution in [-0.4, -0.2) is 80.6 Å². The molecule has 6 atom stereocenters. The summed E-state index contributed by atoms with van der Waals surface area (Å²) in [7, 11) is 3.04. The van der Waals surface area contributed by atoms with Gasteiger partial charge in [0.1, 0.15) is 28.9 Å². The van der Waals surface area contributed by atoms with Crippen molar-refractivity contribution in [3.63, 3.8) is 0 Å². The van der Waals surface area contributed by atoms with E-state index in [1.165, 1.54) is 25.1 Å². The molecule has 0 aromatic heterocycles. The van der Waals surface area contributed by atoms with Crippen LogP contribution in [0.5, 0.6) is 5.75 Å². The molecule has 5 rings (SSSR count). The molecule has 4 aliphatic carbocycles. The number of phenolic OH excluding ortho intramolecular Hbond substituents is 1. The minimum Gasteiger partial charge on any atom is -0.510 e. The number of aliphatic hydroxyl groups excluding tert-OH is 2. The predicted octanol–water partition coefficient (Wildman–Crippen LogP) is 1.78. The second-order valence-electron chi connectivity index (χ2n) is 11.6. The van der Waals surface area contributed by atoms with Crippen LogP contribution in [0.4, 0.5) is 0 Å². The number of hydrogen-bond acceptors (Lipinski definition) is 10. The molecule has 1 saturated carbocycles. The molecule has 1 aromatic carbocycles. The Kier molecular flexibility index (Phi) is 6.78. The number of nitrogens with two attached hydrogens (primary N) is 1. The quantitative estimate of drug-likeness (QED) is 0.265. The van der Waals surface area contributed by atoms with Gasteiger partial charge < -0.3 is 30.9 Å². The molecule has 0 radical (unpaired) electrons. The zero-order valence-corrected chi connectivity index (χ0v) is 22.6. The van der Waals surface area contributed by atoms with Crippen LogP contribution in [0.2, 0.25) is 0 Å². The lowest BCUT2D eigenvalue weighted by atomic mass is 9.55. The molecule has 0 heterocycles. The number of esters is 1. The molecule has 40 heavy (non-hydrogen) atoms. The van der Waals surface area contributed by atoms with Gasteiger partial charge >= 0.3 is 5.97 Å². The van der Waals surface area contributed by atoms with E-state index in [9.17, 15) is 39.6 Å². The third kappa shape index (κ3) is 3.86. The number of amides is 1. The molecule has 6 N–H and O–H groups in total. The van der Waals surface area contributed by atoms with Gasteiger partial charge in [0.25, 0.3) is 5.91 Å². The van der Waals surface area contributed by atoms with Gasteiger partial charge in [-0.2, -0.15) is 0 Å². The van der Waals surface area contributed by atoms with Gasteiger partial charge in [0.15, 0.2) is 11.4 Å². The van der Waals surface area contributed by atoms with Crippen molar-refractivity contribution in [1.82, 2.24) is 4.90 Å². The summed E-state index contributed by atoms with van der Waals surface area (Å²) in [6.07, 6.45) is 2.40. The number of phenols is 1. The fourth-order valence-electron chi connectivity index (χ4n) is 7.34. The number of aromatic hydroxyl groups is 1. The Bertz CT molecular complexity index is 1370. The number of rotatable bonds is 5. The number of fused-ring (bicyclic) bond motifs is 3. The van der Waals surface area contributed by atoms with Crippen LogP contribution in [0, 0.1) is 17.8 Å². The van der Waals surface area contributed by atoms with Crippen molar-refractivity contribution < 1.29 is 44.3 Å². The highest BCUT2D eigenvalue weighted by molar-refractivity contribution is 6.25. The van der Waals surface area contributed by atoms with Crippen LogP contribution < -0.4 is 5.73 Å². The third-order valence-electron chi connectivity index (χ3n) is 9.17. The van der Waals surface area contributed by atoms with Gasteiger partial charge in [-0.15, -0.1) is 0 Å². The Morgan fingerprint density at radius 2 is 1.77 bits per heavy atom. The van der Waals surface area contributed by atoms with E-state index in [2.05, 4.69) is 0 Å². The van der Waals surface area contributed by atoms with Crippen LogP contribution in [0.3, 0.4) is 0 Å². The van der Waals surface area contributed by atoms with Gasteiger partial charge in [-0.3, -0.25) is 24.1 Å². The number of nitrogens with zero attached hydrogens (tertiary/aromatic N) is 1. The monoisotopic (exact) mass is 554 g/mol. The van der Waals surface area contributed by atoms with Crippen LogP contribution in [0.1, 0.15) is 60.9 Å². The highest BCUT2D eigenvalue weighted by Crippen LogP contribution is 2.56. The second kappa shape index (κ2) is 9.74. The first-order chi connectivity index (χ1) is 18.8. The molecule has 0 saturated heterocycles. The van der Waals surface area contributed by atoms with Crippen LogP contribution in [-0.2, 0) is 19.1 Å². The Morgan fingerprint density at radius 1 is 1.12 bits per heavy atom. The van der Waals surface area contributed by atoms with E-state index in [1.807, 2.05) is 0 Å². The number of benzene rings is 1. The first-order valence-electron chi connectivity index (χ1n) is 13.5. The Morgan fingerprint density at radius 3 is 2.38 bits per heavy atom. The number of ether oxygens (including phenoxy) is 1. The molecule has 11 nitrogen and oxygen atoms in total. The van der Waals surface area contributed by atoms with Crippen molar-refractivity contribution in [2.24, 2.45) is 23.5 Å². The minimum absolute atomic E-state index is 0.0913. The topological polar surface area (TPSA) is 188 Å². The molecule has 0 bridgehead atoms. The smallest absolute Gasteiger partial charge is 0.306 e. The summed E-state index contributed by atoms with van der Waals surface area (Å²) < 4.78 is 6.05. The number of primary amides is 1. The van der Waals surface area contributed by atoms with Crippen LogP contribution >= 0.6 is 0 Å². The molecule has 1 amide bonds. The highest BCUT2D eigenvalue weighted by Gasteiger charge is 2.68. The number of aliphatic hydroxyl groups is 3. The lowest BCUT2D eigenvalue weighted by Crippen LogP contribution is -2.69. The molecule has 214 valence electrons. The first-order valence-corrected chi connectivity index (χ1v) is 13.5. The number of Topliss-reactive ketones (excluding diaryl/α,β-unsaturated/α-hetero) is 2. The third-order valence-corrected chi connectivity index (χ3v) is 9.17. The average Bonchev–Trinajstić information content (AvgIpc) is 3.38. The SMILES string of the molecule is C[C@@H]1c2cccc(O)c2C(=O)C2=C(O)[C@]3(O)C(=O)C(C(N)=O)=C(O)[C@H](N(C)C)[C@H]3[C@H](OC(=O)CC3CCCC3)[C@H]21. The molecule has 1 fully saturated rings. The first kappa shape index (κ1) is 27.9. The van der Waals surface area contributed by atoms with E-state index in [1.54, 1.807) is 19.1 Å². The largest absolute Gasteiger partial charge is 0.510 e. The maximum Gasteiger partial charge on any atom is 0.306 e. The number of carbonyl (C=O) groups is 4. The normalized spacial score (nSPS) is 32.2. The molecular formula is C29H34N2O9. The number of hydrogen-bond donors (Lipinski definition) is 5. The predicted molar refractivity (Wildman–Crippen MR) is 140 cm³/mol. The fourth-order valence-corrected chi connectivity index (χ4v) is 7.34. The van der Waals surface area contributed by atoms with E-state index >= 15 is 0 Å². The lowest BCUT2D eigenvalue weighted by Gasteiger charge is -2.54. The Labute approximate surface area is 230 Å². The van der Waals surface area contributed by atoms with Crippen molar-refractivity contribution >= 4 is 23.4 Å². The maximum atomic E-state index is 13.9. The van der Waals surface area contributed by atoms with Gasteiger partial charge in [0, 0.05) is 17.9 Å². The van der Waals surface area contributed by atoms with Crippen molar-refractivity contribution in [2.45, 2.75) is 62.7 Å². The standard InChI is InChI=1S/C29H34N2O9/c1-12-14-9-6-10-15(32)18(14)23(34)19-17(12)25(40-16(33)11-13-7-4-5-8-13)21-22(31(2)3)24(35)20(28(30)38)27(37)29(21,39)26(19)36/h6,9-10,12-13,17,21-22,25,32,35-36,39H,4-5,7-8,11H2,1-3H3,(H2,30,38)/t12-,17+,21+,22-,25-,29+/m1/s1.